The Labute approximate surface area is 95.8 Å². The van der Waals surface area contributed by atoms with E-state index in [1.54, 1.807) is 4.90 Å². The van der Waals surface area contributed by atoms with Gasteiger partial charge in [-0.2, -0.15) is 0 Å². The topological polar surface area (TPSA) is 73.5 Å². The van der Waals surface area contributed by atoms with Gasteiger partial charge in [0.25, 0.3) is 0 Å². The Hall–Kier alpha value is -1.30. The van der Waals surface area contributed by atoms with Gasteiger partial charge in [-0.05, 0) is 6.42 Å². The zero-order valence-electron chi connectivity index (χ0n) is 9.88. The fourth-order valence-corrected chi connectivity index (χ4v) is 1.67. The van der Waals surface area contributed by atoms with Crippen LogP contribution in [0.5, 0.6) is 0 Å². The summed E-state index contributed by atoms with van der Waals surface area (Å²) in [6, 6.07) is -0.728. The number of nitrogens with zero attached hydrogens (tertiary/aromatic N) is 1. The van der Waals surface area contributed by atoms with E-state index in [2.05, 4.69) is 16.0 Å². The molecule has 3 N–H and O–H groups in total. The Balaban J connectivity index is 2.50. The van der Waals surface area contributed by atoms with Crippen molar-refractivity contribution in [2.45, 2.75) is 19.4 Å². The lowest BCUT2D eigenvalue weighted by atomic mass is 10.2. The van der Waals surface area contributed by atoms with Crippen molar-refractivity contribution in [2.24, 2.45) is 0 Å². The first kappa shape index (κ1) is 12.8. The van der Waals surface area contributed by atoms with Gasteiger partial charge < -0.3 is 20.9 Å². The molecule has 0 aromatic carbocycles. The van der Waals surface area contributed by atoms with E-state index in [1.807, 2.05) is 6.92 Å². The van der Waals surface area contributed by atoms with E-state index < -0.39 is 6.04 Å². The molecule has 1 heterocycles. The van der Waals surface area contributed by atoms with E-state index in [0.717, 1.165) is 13.1 Å². The second-order valence-corrected chi connectivity index (χ2v) is 3.76. The van der Waals surface area contributed by atoms with E-state index in [1.165, 1.54) is 7.05 Å². The average Bonchev–Trinajstić information content (AvgIpc) is 2.35. The van der Waals surface area contributed by atoms with Crippen LogP contribution in [0.3, 0.4) is 0 Å². The first-order chi connectivity index (χ1) is 7.69. The lowest BCUT2D eigenvalue weighted by molar-refractivity contribution is -0.133. The molecule has 0 saturated carbocycles. The SMILES string of the molecule is CCC(NC(=O)NC)C(=O)N1CCNCC1. The van der Waals surface area contributed by atoms with Gasteiger partial charge in [-0.1, -0.05) is 6.92 Å². The molecule has 1 unspecified atom stereocenters. The highest BCUT2D eigenvalue weighted by Crippen LogP contribution is 2.01. The van der Waals surface area contributed by atoms with Crippen LogP contribution in [0.1, 0.15) is 13.3 Å². The summed E-state index contributed by atoms with van der Waals surface area (Å²) >= 11 is 0. The van der Waals surface area contributed by atoms with Gasteiger partial charge in [-0.3, -0.25) is 4.79 Å². The minimum absolute atomic E-state index is 0.00704. The predicted octanol–water partition coefficient (Wildman–Crippen LogP) is -0.874. The summed E-state index contributed by atoms with van der Waals surface area (Å²) in [6.07, 6.45) is 0.607. The van der Waals surface area contributed by atoms with E-state index >= 15 is 0 Å². The molecule has 1 aliphatic heterocycles. The summed E-state index contributed by atoms with van der Waals surface area (Å²) in [5.41, 5.74) is 0. The molecule has 1 rings (SSSR count). The van der Waals surface area contributed by atoms with Gasteiger partial charge in [0.1, 0.15) is 6.04 Å². The smallest absolute Gasteiger partial charge is 0.315 e. The first-order valence-corrected chi connectivity index (χ1v) is 5.66. The summed E-state index contributed by atoms with van der Waals surface area (Å²) in [7, 11) is 1.54. The number of nitrogens with one attached hydrogen (secondary N) is 3. The van der Waals surface area contributed by atoms with Gasteiger partial charge in [-0.15, -0.1) is 0 Å². The fourth-order valence-electron chi connectivity index (χ4n) is 1.67. The molecule has 1 fully saturated rings. The van der Waals surface area contributed by atoms with Crippen LogP contribution in [-0.4, -0.2) is 56.1 Å². The van der Waals surface area contributed by atoms with Crippen molar-refractivity contribution in [1.29, 1.82) is 0 Å². The molecule has 0 spiro atoms. The Morgan fingerprint density at radius 2 is 2.00 bits per heavy atom. The van der Waals surface area contributed by atoms with Crippen molar-refractivity contribution in [1.82, 2.24) is 20.9 Å². The minimum Gasteiger partial charge on any atom is -0.341 e. The molecule has 6 heteroatoms. The third-order valence-corrected chi connectivity index (χ3v) is 2.67. The maximum Gasteiger partial charge on any atom is 0.315 e. The molecule has 16 heavy (non-hydrogen) atoms. The van der Waals surface area contributed by atoms with E-state index in [-0.39, 0.29) is 11.9 Å². The summed E-state index contributed by atoms with van der Waals surface area (Å²) in [5.74, 6) is 0.00704. The summed E-state index contributed by atoms with van der Waals surface area (Å²) in [4.78, 5) is 25.0. The number of piperazine rings is 1. The van der Waals surface area contributed by atoms with Gasteiger partial charge >= 0.3 is 6.03 Å². The van der Waals surface area contributed by atoms with Crippen molar-refractivity contribution in [2.75, 3.05) is 33.2 Å². The van der Waals surface area contributed by atoms with Gasteiger partial charge in [0.15, 0.2) is 0 Å². The summed E-state index contributed by atoms with van der Waals surface area (Å²) < 4.78 is 0. The van der Waals surface area contributed by atoms with Crippen molar-refractivity contribution in [3.8, 4) is 0 Å². The maximum absolute atomic E-state index is 12.0. The molecule has 92 valence electrons. The van der Waals surface area contributed by atoms with Crippen LogP contribution in [0.15, 0.2) is 0 Å². The average molecular weight is 228 g/mol. The number of hydrogen-bond acceptors (Lipinski definition) is 3. The first-order valence-electron chi connectivity index (χ1n) is 5.66. The van der Waals surface area contributed by atoms with Crippen LogP contribution >= 0.6 is 0 Å². The normalized spacial score (nSPS) is 17.8. The lowest BCUT2D eigenvalue weighted by Crippen LogP contribution is -2.54. The van der Waals surface area contributed by atoms with E-state index in [0.29, 0.717) is 19.5 Å². The van der Waals surface area contributed by atoms with Crippen LogP contribution in [-0.2, 0) is 4.79 Å². The van der Waals surface area contributed by atoms with Gasteiger partial charge in [-0.25, -0.2) is 4.79 Å². The molecule has 0 aromatic heterocycles. The van der Waals surface area contributed by atoms with Gasteiger partial charge in [0.05, 0.1) is 0 Å². The van der Waals surface area contributed by atoms with Crippen LogP contribution in [0.25, 0.3) is 0 Å². The third kappa shape index (κ3) is 3.37. The number of hydrogen-bond donors (Lipinski definition) is 3. The Kier molecular flexibility index (Phi) is 5.04. The fraction of sp³-hybridized carbons (Fsp3) is 0.800. The highest BCUT2D eigenvalue weighted by Gasteiger charge is 2.24. The minimum atomic E-state index is -0.418. The quantitative estimate of drug-likeness (QED) is 0.587. The molecule has 0 radical (unpaired) electrons. The standard InChI is InChI=1S/C10H20N4O2/c1-3-8(13-10(16)11-2)9(15)14-6-4-12-5-7-14/h8,12H,3-7H2,1-2H3,(H2,11,13,16). The van der Waals surface area contributed by atoms with Crippen LogP contribution in [0.2, 0.25) is 0 Å². The molecule has 1 atom stereocenters. The molecule has 3 amide bonds. The highest BCUT2D eigenvalue weighted by atomic mass is 16.2. The molecule has 6 nitrogen and oxygen atoms in total. The van der Waals surface area contributed by atoms with Crippen LogP contribution < -0.4 is 16.0 Å². The predicted molar refractivity (Wildman–Crippen MR) is 61.1 cm³/mol. The Morgan fingerprint density at radius 1 is 1.38 bits per heavy atom. The third-order valence-electron chi connectivity index (χ3n) is 2.67. The van der Waals surface area contributed by atoms with Gasteiger partial charge in [0, 0.05) is 33.2 Å². The molecule has 1 aliphatic rings. The van der Waals surface area contributed by atoms with E-state index in [9.17, 15) is 9.59 Å². The molecular formula is C10H20N4O2. The number of carbonyl (C=O) groups is 2. The summed E-state index contributed by atoms with van der Waals surface area (Å²) in [6.45, 7) is 4.96. The van der Waals surface area contributed by atoms with Gasteiger partial charge in [0.2, 0.25) is 5.91 Å². The zero-order chi connectivity index (χ0) is 12.0. The van der Waals surface area contributed by atoms with Crippen LogP contribution in [0.4, 0.5) is 4.79 Å². The monoisotopic (exact) mass is 228 g/mol. The Bertz CT molecular complexity index is 251. The molecule has 1 saturated heterocycles. The maximum atomic E-state index is 12.0. The van der Waals surface area contributed by atoms with Crippen LogP contribution in [0, 0.1) is 0 Å². The number of rotatable bonds is 3. The van der Waals surface area contributed by atoms with Crippen molar-refractivity contribution < 1.29 is 9.59 Å². The second kappa shape index (κ2) is 6.32. The number of amides is 3. The number of carbonyl (C=O) groups excluding carboxylic acids is 2. The highest BCUT2D eigenvalue weighted by molar-refractivity contribution is 5.87. The van der Waals surface area contributed by atoms with Crippen molar-refractivity contribution in [3.05, 3.63) is 0 Å². The van der Waals surface area contributed by atoms with Crippen molar-refractivity contribution in [3.63, 3.8) is 0 Å². The molecule has 0 aliphatic carbocycles. The molecular weight excluding hydrogens is 208 g/mol. The number of urea groups is 1. The van der Waals surface area contributed by atoms with E-state index in [4.69, 9.17) is 0 Å². The second-order valence-electron chi connectivity index (χ2n) is 3.76. The Morgan fingerprint density at radius 3 is 2.50 bits per heavy atom. The lowest BCUT2D eigenvalue weighted by Gasteiger charge is -2.30. The largest absolute Gasteiger partial charge is 0.341 e. The summed E-state index contributed by atoms with van der Waals surface area (Å²) in [5, 5.41) is 8.29. The zero-order valence-corrected chi connectivity index (χ0v) is 9.88. The van der Waals surface area contributed by atoms with Crippen molar-refractivity contribution >= 4 is 11.9 Å². The molecule has 0 bridgehead atoms. The molecule has 0 aromatic rings.